The number of para-hydroxylation sites is 1. The molecule has 1 N–H and O–H groups in total. The van der Waals surface area contributed by atoms with E-state index >= 15 is 0 Å². The number of nitrogens with one attached hydrogen (secondary N) is 1. The standard InChI is InChI=1S/C32H31N5O2/c1-21-15-16-22(2)28(18-21)33-32(38)36-20-27-23(3)34-37(25-11-6-5-7-12-25)31(27)35-17-9-14-29(35)30(36)24-10-8-13-26(19-24)39-4/h5-19,30H,20H2,1-4H3,(H,33,38)/t30-/m1/s1. The molecule has 5 aromatic rings. The van der Waals surface area contributed by atoms with Crippen molar-refractivity contribution in [1.82, 2.24) is 19.2 Å². The zero-order valence-corrected chi connectivity index (χ0v) is 22.6. The molecule has 7 heteroatoms. The first-order valence-corrected chi connectivity index (χ1v) is 13.0. The van der Waals surface area contributed by atoms with Crippen molar-refractivity contribution in [3.63, 3.8) is 0 Å². The molecule has 0 radical (unpaired) electrons. The third-order valence-electron chi connectivity index (χ3n) is 7.39. The van der Waals surface area contributed by atoms with E-state index in [1.807, 2.05) is 103 Å². The van der Waals surface area contributed by atoms with Crippen molar-refractivity contribution in [2.24, 2.45) is 0 Å². The lowest BCUT2D eigenvalue weighted by Gasteiger charge is -2.31. The van der Waals surface area contributed by atoms with Gasteiger partial charge < -0.3 is 19.5 Å². The molecule has 0 unspecified atom stereocenters. The number of nitrogens with zero attached hydrogens (tertiary/aromatic N) is 4. The second kappa shape index (κ2) is 9.83. The number of rotatable bonds is 4. The first-order valence-electron chi connectivity index (χ1n) is 13.0. The molecular formula is C32H31N5O2. The quantitative estimate of drug-likeness (QED) is 0.287. The second-order valence-corrected chi connectivity index (χ2v) is 9.99. The average Bonchev–Trinajstić information content (AvgIpc) is 3.51. The van der Waals surface area contributed by atoms with E-state index in [0.717, 1.165) is 56.6 Å². The first kappa shape index (κ1) is 24.6. The summed E-state index contributed by atoms with van der Waals surface area (Å²) in [7, 11) is 1.66. The summed E-state index contributed by atoms with van der Waals surface area (Å²) >= 11 is 0. The minimum Gasteiger partial charge on any atom is -0.497 e. The number of anilines is 1. The number of aromatic nitrogens is 3. The fraction of sp³-hybridized carbons (Fsp3) is 0.188. The number of benzene rings is 3. The number of fused-ring (bicyclic) bond motifs is 3. The maximum atomic E-state index is 14.2. The van der Waals surface area contributed by atoms with Gasteiger partial charge in [0.15, 0.2) is 0 Å². The summed E-state index contributed by atoms with van der Waals surface area (Å²) in [5.74, 6) is 1.68. The third-order valence-corrected chi connectivity index (χ3v) is 7.39. The molecule has 1 aliphatic heterocycles. The Morgan fingerprint density at radius 1 is 0.949 bits per heavy atom. The van der Waals surface area contributed by atoms with Crippen molar-refractivity contribution < 1.29 is 9.53 Å². The lowest BCUT2D eigenvalue weighted by atomic mass is 10.0. The Morgan fingerprint density at radius 2 is 1.77 bits per heavy atom. The number of ether oxygens (including phenoxy) is 1. The maximum absolute atomic E-state index is 14.2. The zero-order valence-electron chi connectivity index (χ0n) is 22.6. The number of urea groups is 1. The molecule has 3 aromatic carbocycles. The van der Waals surface area contributed by atoms with E-state index in [-0.39, 0.29) is 12.1 Å². The van der Waals surface area contributed by atoms with Crippen LogP contribution >= 0.6 is 0 Å². The van der Waals surface area contributed by atoms with Gasteiger partial charge in [-0.2, -0.15) is 5.10 Å². The van der Waals surface area contributed by atoms with E-state index < -0.39 is 0 Å². The van der Waals surface area contributed by atoms with Gasteiger partial charge in [-0.1, -0.05) is 42.5 Å². The van der Waals surface area contributed by atoms with Crippen LogP contribution in [-0.4, -0.2) is 32.4 Å². The molecule has 0 fully saturated rings. The van der Waals surface area contributed by atoms with Crippen molar-refractivity contribution in [2.45, 2.75) is 33.4 Å². The zero-order chi connectivity index (χ0) is 27.1. The minimum absolute atomic E-state index is 0.177. The molecular weight excluding hydrogens is 486 g/mol. The lowest BCUT2D eigenvalue weighted by Crippen LogP contribution is -2.38. The fourth-order valence-corrected chi connectivity index (χ4v) is 5.37. The normalized spacial score (nSPS) is 14.4. The largest absolute Gasteiger partial charge is 0.497 e. The molecule has 2 aromatic heterocycles. The first-order chi connectivity index (χ1) is 18.9. The summed E-state index contributed by atoms with van der Waals surface area (Å²) < 4.78 is 9.71. The average molecular weight is 518 g/mol. The Kier molecular flexibility index (Phi) is 6.19. The summed E-state index contributed by atoms with van der Waals surface area (Å²) in [6.07, 6.45) is 2.05. The molecule has 3 heterocycles. The van der Waals surface area contributed by atoms with Crippen LogP contribution in [0, 0.1) is 20.8 Å². The molecule has 6 rings (SSSR count). The van der Waals surface area contributed by atoms with Crippen LogP contribution in [0.5, 0.6) is 5.75 Å². The van der Waals surface area contributed by atoms with Crippen LogP contribution in [-0.2, 0) is 6.54 Å². The summed E-state index contributed by atoms with van der Waals surface area (Å²) in [6.45, 7) is 6.43. The predicted octanol–water partition coefficient (Wildman–Crippen LogP) is 6.73. The lowest BCUT2D eigenvalue weighted by molar-refractivity contribution is 0.194. The van der Waals surface area contributed by atoms with Gasteiger partial charge in [-0.3, -0.25) is 0 Å². The number of methoxy groups -OCH3 is 1. The van der Waals surface area contributed by atoms with Gasteiger partial charge in [0, 0.05) is 17.4 Å². The van der Waals surface area contributed by atoms with E-state index in [1.54, 1.807) is 7.11 Å². The number of carbonyl (C=O) groups excluding carboxylic acids is 1. The smallest absolute Gasteiger partial charge is 0.322 e. The Hall–Kier alpha value is -4.78. The van der Waals surface area contributed by atoms with E-state index in [0.29, 0.717) is 6.54 Å². The van der Waals surface area contributed by atoms with E-state index in [1.165, 1.54) is 0 Å². The van der Waals surface area contributed by atoms with Crippen LogP contribution in [0.25, 0.3) is 11.5 Å². The Morgan fingerprint density at radius 3 is 2.56 bits per heavy atom. The van der Waals surface area contributed by atoms with Crippen LogP contribution in [0.3, 0.4) is 0 Å². The highest BCUT2D eigenvalue weighted by Crippen LogP contribution is 2.39. The summed E-state index contributed by atoms with van der Waals surface area (Å²) in [5.41, 5.74) is 7.68. The van der Waals surface area contributed by atoms with Gasteiger partial charge in [-0.15, -0.1) is 0 Å². The van der Waals surface area contributed by atoms with Crippen LogP contribution < -0.4 is 10.1 Å². The number of aryl methyl sites for hydroxylation is 3. The Labute approximate surface area is 228 Å². The van der Waals surface area contributed by atoms with Gasteiger partial charge in [0.05, 0.1) is 36.8 Å². The topological polar surface area (TPSA) is 64.3 Å². The van der Waals surface area contributed by atoms with E-state index in [4.69, 9.17) is 9.84 Å². The summed E-state index contributed by atoms with van der Waals surface area (Å²) in [6, 6.07) is 27.7. The highest BCUT2D eigenvalue weighted by atomic mass is 16.5. The van der Waals surface area contributed by atoms with Gasteiger partial charge in [0.25, 0.3) is 0 Å². The van der Waals surface area contributed by atoms with Gasteiger partial charge in [-0.05, 0) is 79.9 Å². The van der Waals surface area contributed by atoms with Crippen molar-refractivity contribution in [3.05, 3.63) is 125 Å². The Balaban J connectivity index is 1.55. The minimum atomic E-state index is -0.365. The molecule has 0 spiro atoms. The molecule has 7 nitrogen and oxygen atoms in total. The summed E-state index contributed by atoms with van der Waals surface area (Å²) in [4.78, 5) is 16.1. The molecule has 2 amide bonds. The molecule has 0 bridgehead atoms. The number of amides is 2. The van der Waals surface area contributed by atoms with Crippen LogP contribution in [0.4, 0.5) is 10.5 Å². The van der Waals surface area contributed by atoms with Crippen LogP contribution in [0.1, 0.15) is 39.7 Å². The van der Waals surface area contributed by atoms with Crippen LogP contribution in [0.2, 0.25) is 0 Å². The summed E-state index contributed by atoms with van der Waals surface area (Å²) in [5, 5.41) is 8.14. The van der Waals surface area contributed by atoms with Crippen LogP contribution in [0.15, 0.2) is 91.1 Å². The molecule has 0 saturated heterocycles. The number of carbonyl (C=O) groups is 1. The highest BCUT2D eigenvalue weighted by Gasteiger charge is 2.36. The SMILES string of the molecule is COc1cccc([C@@H]2c3cccn3-c3c(c(C)nn3-c3ccccc3)CN2C(=O)Nc2cc(C)ccc2C)c1. The molecule has 196 valence electrons. The van der Waals surface area contributed by atoms with E-state index in [9.17, 15) is 4.79 Å². The van der Waals surface area contributed by atoms with Crippen molar-refractivity contribution in [1.29, 1.82) is 0 Å². The Bertz CT molecular complexity index is 1670. The molecule has 39 heavy (non-hydrogen) atoms. The van der Waals surface area contributed by atoms with Gasteiger partial charge in [-0.25, -0.2) is 9.48 Å². The van der Waals surface area contributed by atoms with Gasteiger partial charge in [0.2, 0.25) is 0 Å². The van der Waals surface area contributed by atoms with Gasteiger partial charge >= 0.3 is 6.03 Å². The number of hydrogen-bond donors (Lipinski definition) is 1. The molecule has 0 aliphatic carbocycles. The maximum Gasteiger partial charge on any atom is 0.322 e. The number of hydrogen-bond acceptors (Lipinski definition) is 3. The molecule has 0 saturated carbocycles. The van der Waals surface area contributed by atoms with Crippen molar-refractivity contribution >= 4 is 11.7 Å². The third kappa shape index (κ3) is 4.36. The highest BCUT2D eigenvalue weighted by molar-refractivity contribution is 5.91. The molecule has 1 atom stereocenters. The molecule has 1 aliphatic rings. The second-order valence-electron chi connectivity index (χ2n) is 9.99. The predicted molar refractivity (Wildman–Crippen MR) is 153 cm³/mol. The fourth-order valence-electron chi connectivity index (χ4n) is 5.37. The van der Waals surface area contributed by atoms with E-state index in [2.05, 4.69) is 28.1 Å². The van der Waals surface area contributed by atoms with Crippen molar-refractivity contribution in [3.8, 4) is 17.3 Å². The monoisotopic (exact) mass is 517 g/mol. The van der Waals surface area contributed by atoms with Crippen molar-refractivity contribution in [2.75, 3.05) is 12.4 Å². The van der Waals surface area contributed by atoms with Gasteiger partial charge in [0.1, 0.15) is 11.6 Å².